The maximum absolute atomic E-state index is 14.3. The molecule has 0 aliphatic carbocycles. The van der Waals surface area contributed by atoms with E-state index in [-0.39, 0.29) is 0 Å². The highest BCUT2D eigenvalue weighted by Crippen LogP contribution is 2.66. The molecule has 0 bridgehead atoms. The maximum atomic E-state index is 14.3. The Labute approximate surface area is 163 Å². The summed E-state index contributed by atoms with van der Waals surface area (Å²) in [6.07, 6.45) is -34.6. The number of halogens is 16. The van der Waals surface area contributed by atoms with Crippen molar-refractivity contribution in [2.45, 2.75) is 54.0 Å². The van der Waals surface area contributed by atoms with Gasteiger partial charge in [0, 0.05) is 0 Å². The predicted molar refractivity (Wildman–Crippen MR) is 61.9 cm³/mol. The van der Waals surface area contributed by atoms with Crippen LogP contribution >= 0.6 is 0 Å². The molecule has 3 unspecified atom stereocenters. The Kier molecular flexibility index (Phi) is 6.14. The van der Waals surface area contributed by atoms with E-state index in [0.29, 0.717) is 0 Å². The number of ether oxygens (including phenoxy) is 2. The van der Waals surface area contributed by atoms with Gasteiger partial charge in [-0.3, -0.25) is 0 Å². The standard InChI is InChI=1S/C12H4F16O4/c1-2(6(15,16)17)3(29)31-8(11(23,24)25)5(13,14)4(7(18,19)20)32-10(30,9(8,21)22)12(26,27)28/h4,30H,1H2. The van der Waals surface area contributed by atoms with Gasteiger partial charge in [-0.2, -0.15) is 70.2 Å². The van der Waals surface area contributed by atoms with Crippen LogP contribution in [0.5, 0.6) is 0 Å². The van der Waals surface area contributed by atoms with Crippen molar-refractivity contribution < 1.29 is 89.6 Å². The molecule has 188 valence electrons. The van der Waals surface area contributed by atoms with Crippen LogP contribution in [0.2, 0.25) is 0 Å². The van der Waals surface area contributed by atoms with Crippen LogP contribution in [-0.4, -0.2) is 65.1 Å². The molecule has 32 heavy (non-hydrogen) atoms. The van der Waals surface area contributed by atoms with Crippen molar-refractivity contribution in [3.05, 3.63) is 12.2 Å². The van der Waals surface area contributed by atoms with E-state index >= 15 is 0 Å². The van der Waals surface area contributed by atoms with Crippen LogP contribution in [-0.2, 0) is 14.3 Å². The van der Waals surface area contributed by atoms with Gasteiger partial charge < -0.3 is 14.6 Å². The summed E-state index contributed by atoms with van der Waals surface area (Å²) in [4.78, 5) is 11.2. The fourth-order valence-corrected chi connectivity index (χ4v) is 2.34. The number of aliphatic hydroxyl groups is 1. The highest BCUT2D eigenvalue weighted by atomic mass is 19.4. The maximum Gasteiger partial charge on any atom is 0.449 e. The van der Waals surface area contributed by atoms with Gasteiger partial charge in [-0.25, -0.2) is 4.79 Å². The van der Waals surface area contributed by atoms with Gasteiger partial charge >= 0.3 is 53.9 Å². The summed E-state index contributed by atoms with van der Waals surface area (Å²) in [5.41, 5.74) is -11.0. The minimum atomic E-state index is -7.89. The Morgan fingerprint density at radius 3 is 1.53 bits per heavy atom. The van der Waals surface area contributed by atoms with Gasteiger partial charge in [-0.1, -0.05) is 6.58 Å². The third-order valence-electron chi connectivity index (χ3n) is 3.87. The molecule has 3 atom stereocenters. The van der Waals surface area contributed by atoms with Gasteiger partial charge in [0.05, 0.1) is 0 Å². The smallest absolute Gasteiger partial charge is 0.432 e. The van der Waals surface area contributed by atoms with Crippen LogP contribution < -0.4 is 0 Å². The van der Waals surface area contributed by atoms with Crippen LogP contribution in [0, 0.1) is 0 Å². The quantitative estimate of drug-likeness (QED) is 0.336. The van der Waals surface area contributed by atoms with E-state index in [4.69, 9.17) is 5.11 Å². The summed E-state index contributed by atoms with van der Waals surface area (Å²) >= 11 is 0. The molecule has 1 aliphatic heterocycles. The third kappa shape index (κ3) is 3.63. The Morgan fingerprint density at radius 2 is 1.25 bits per heavy atom. The molecule has 0 aromatic rings. The van der Waals surface area contributed by atoms with Crippen LogP contribution in [0.1, 0.15) is 0 Å². The van der Waals surface area contributed by atoms with Crippen molar-refractivity contribution in [1.29, 1.82) is 0 Å². The second kappa shape index (κ2) is 7.00. The number of rotatable bonds is 2. The van der Waals surface area contributed by atoms with Crippen LogP contribution in [0.15, 0.2) is 12.2 Å². The fourth-order valence-electron chi connectivity index (χ4n) is 2.34. The van der Waals surface area contributed by atoms with E-state index in [9.17, 15) is 75.0 Å². The van der Waals surface area contributed by atoms with Gasteiger partial charge in [0.15, 0.2) is 0 Å². The van der Waals surface area contributed by atoms with E-state index in [1.807, 2.05) is 0 Å². The number of carbonyl (C=O) groups is 1. The average Bonchev–Trinajstić information content (AvgIpc) is 2.49. The van der Waals surface area contributed by atoms with Gasteiger partial charge in [0.1, 0.15) is 5.57 Å². The minimum Gasteiger partial charge on any atom is -0.432 e. The first-order chi connectivity index (χ1) is 13.6. The van der Waals surface area contributed by atoms with Gasteiger partial charge in [-0.15, -0.1) is 0 Å². The molecule has 4 nitrogen and oxygen atoms in total. The van der Waals surface area contributed by atoms with E-state index in [0.717, 1.165) is 0 Å². The van der Waals surface area contributed by atoms with Crippen molar-refractivity contribution >= 4 is 5.97 Å². The third-order valence-corrected chi connectivity index (χ3v) is 3.87. The van der Waals surface area contributed by atoms with Gasteiger partial charge in [0.25, 0.3) is 0 Å². The molecule has 0 saturated carbocycles. The topological polar surface area (TPSA) is 55.8 Å². The van der Waals surface area contributed by atoms with Crippen LogP contribution in [0.25, 0.3) is 0 Å². The van der Waals surface area contributed by atoms with E-state index in [1.165, 1.54) is 0 Å². The Morgan fingerprint density at radius 1 is 0.844 bits per heavy atom. The summed E-state index contributed by atoms with van der Waals surface area (Å²) in [7, 11) is 0. The lowest BCUT2D eigenvalue weighted by Crippen LogP contribution is -2.87. The molecule has 1 N–H and O–H groups in total. The second-order valence-electron chi connectivity index (χ2n) is 5.92. The monoisotopic (exact) mass is 516 g/mol. The zero-order valence-corrected chi connectivity index (χ0v) is 14.0. The number of esters is 1. The molecule has 0 aromatic heterocycles. The van der Waals surface area contributed by atoms with Crippen molar-refractivity contribution in [1.82, 2.24) is 0 Å². The van der Waals surface area contributed by atoms with Crippen molar-refractivity contribution in [3.8, 4) is 0 Å². The molecule has 0 radical (unpaired) electrons. The first-order valence-electron chi connectivity index (χ1n) is 6.98. The Bertz CT molecular complexity index is 774. The lowest BCUT2D eigenvalue weighted by molar-refractivity contribution is -0.555. The normalized spacial score (nSPS) is 31.2. The van der Waals surface area contributed by atoms with Crippen LogP contribution in [0.3, 0.4) is 0 Å². The Balaban J connectivity index is 4.13. The van der Waals surface area contributed by atoms with Gasteiger partial charge in [0.2, 0.25) is 6.10 Å². The SMILES string of the molecule is C=C(C(=O)OC1(C(F)(F)F)C(F)(F)C(C(F)(F)F)OC(O)(C(F)(F)F)C1(F)F)C(F)(F)F. The molecule has 1 aliphatic rings. The predicted octanol–water partition coefficient (Wildman–Crippen LogP) is 4.43. The second-order valence-corrected chi connectivity index (χ2v) is 5.92. The molecule has 1 saturated heterocycles. The first-order valence-corrected chi connectivity index (χ1v) is 6.98. The van der Waals surface area contributed by atoms with E-state index < -0.39 is 65.6 Å². The molecule has 0 amide bonds. The summed E-state index contributed by atoms with van der Waals surface area (Å²) in [5, 5.41) is 8.95. The molecular weight excluding hydrogens is 512 g/mol. The molecule has 1 heterocycles. The molecule has 0 spiro atoms. The molecule has 0 aromatic carbocycles. The highest BCUT2D eigenvalue weighted by molar-refractivity contribution is 5.89. The number of alkyl halides is 16. The summed E-state index contributed by atoms with van der Waals surface area (Å²) in [6.45, 7) is 1.66. The minimum absolute atomic E-state index is 1.66. The lowest BCUT2D eigenvalue weighted by atomic mass is 9.76. The summed E-state index contributed by atoms with van der Waals surface area (Å²) in [5.74, 6) is -26.4. The average molecular weight is 516 g/mol. The highest BCUT2D eigenvalue weighted by Gasteiger charge is 2.99. The van der Waals surface area contributed by atoms with Gasteiger partial charge in [-0.05, 0) is 0 Å². The summed E-state index contributed by atoms with van der Waals surface area (Å²) < 4.78 is 216. The van der Waals surface area contributed by atoms with Crippen LogP contribution in [0.4, 0.5) is 70.2 Å². The van der Waals surface area contributed by atoms with Crippen molar-refractivity contribution in [2.24, 2.45) is 0 Å². The van der Waals surface area contributed by atoms with E-state index in [2.05, 4.69) is 9.47 Å². The van der Waals surface area contributed by atoms with Crippen molar-refractivity contribution in [2.75, 3.05) is 0 Å². The molecular formula is C12H4F16O4. The number of hydrogen-bond donors (Lipinski definition) is 1. The number of hydrogen-bond acceptors (Lipinski definition) is 4. The Hall–Kier alpha value is -1.99. The van der Waals surface area contributed by atoms with E-state index in [1.54, 1.807) is 6.58 Å². The largest absolute Gasteiger partial charge is 0.449 e. The zero-order chi connectivity index (χ0) is 26.1. The summed E-state index contributed by atoms with van der Waals surface area (Å²) in [6, 6.07) is 0. The molecule has 20 heteroatoms. The molecule has 1 rings (SSSR count). The fraction of sp³-hybridized carbons (Fsp3) is 0.750. The first kappa shape index (κ1) is 28.0. The van der Waals surface area contributed by atoms with Crippen molar-refractivity contribution in [3.63, 3.8) is 0 Å². The number of carbonyl (C=O) groups excluding carboxylic acids is 1. The zero-order valence-electron chi connectivity index (χ0n) is 14.0. The molecule has 1 fully saturated rings. The lowest BCUT2D eigenvalue weighted by Gasteiger charge is -2.55.